The molecular weight excluding hydrogens is 809 g/mol. The van der Waals surface area contributed by atoms with Crippen LogP contribution in [0, 0.1) is 0 Å². The summed E-state index contributed by atoms with van der Waals surface area (Å²) in [5.41, 5.74) is 4.39. The molecule has 2 heterocycles. The second-order valence-electron chi connectivity index (χ2n) is 15.7. The van der Waals surface area contributed by atoms with Gasteiger partial charge in [-0.1, -0.05) is 182 Å². The number of rotatable bonds is 21. The van der Waals surface area contributed by atoms with E-state index in [2.05, 4.69) is 0 Å². The predicted molar refractivity (Wildman–Crippen MR) is 241 cm³/mol. The molecule has 2 saturated heterocycles. The summed E-state index contributed by atoms with van der Waals surface area (Å²) in [6.45, 7) is -1.93. The van der Waals surface area contributed by atoms with Crippen molar-refractivity contribution in [3.05, 3.63) is 215 Å². The van der Waals surface area contributed by atoms with Gasteiger partial charge in [0.15, 0.2) is 12.6 Å². The molecule has 6 aromatic rings. The molecule has 2 aliphatic heterocycles. The van der Waals surface area contributed by atoms with E-state index < -0.39 is 87.8 Å². The molecule has 1 N–H and O–H groups in total. The molecule has 8 rings (SSSR count). The van der Waals surface area contributed by atoms with Crippen LogP contribution in [-0.4, -0.2) is 73.1 Å². The third-order valence-electron chi connectivity index (χ3n) is 11.1. The van der Waals surface area contributed by atoms with Gasteiger partial charge in [0.2, 0.25) is 0 Å². The first-order valence-electron chi connectivity index (χ1n) is 23.5. The van der Waals surface area contributed by atoms with Crippen LogP contribution < -0.4 is 0 Å². The molecule has 4 unspecified atom stereocenters. The van der Waals surface area contributed by atoms with E-state index in [9.17, 15) is 7.85 Å². The van der Waals surface area contributed by atoms with Gasteiger partial charge in [0.25, 0.3) is 0 Å². The fraction of sp³-hybridized carbons (Fsp3) is 0.333. The summed E-state index contributed by atoms with van der Waals surface area (Å²) in [7, 11) is 0. The highest BCUT2D eigenvalue weighted by Crippen LogP contribution is 2.36. The van der Waals surface area contributed by atoms with Crippen LogP contribution in [0.3, 0.4) is 0 Å². The van der Waals surface area contributed by atoms with Crippen LogP contribution in [0.4, 0.5) is 0 Å². The van der Waals surface area contributed by atoms with Crippen molar-refractivity contribution >= 4 is 0 Å². The molecule has 13 atom stereocenters. The average Bonchev–Trinajstić information content (AvgIpc) is 3.38. The maximum Gasteiger partial charge on any atom is 0.187 e. The fourth-order valence-electron chi connectivity index (χ4n) is 7.78. The fourth-order valence-corrected chi connectivity index (χ4v) is 7.78. The molecule has 0 saturated carbocycles. The van der Waals surface area contributed by atoms with Crippen molar-refractivity contribution in [2.24, 2.45) is 0 Å². The summed E-state index contributed by atoms with van der Waals surface area (Å²) in [6.07, 6.45) is -10.6. The minimum atomic E-state index is -1.43. The first-order valence-corrected chi connectivity index (χ1v) is 21.8. The Morgan fingerprint density at radius 2 is 0.750 bits per heavy atom. The van der Waals surface area contributed by atoms with E-state index >= 15 is 0 Å². The Hall–Kier alpha value is -5.08. The molecule has 0 aliphatic carbocycles. The largest absolute Gasteiger partial charge is 0.394 e. The van der Waals surface area contributed by atoms with Gasteiger partial charge in [-0.25, -0.2) is 0 Å². The molecule has 334 valence electrons. The van der Waals surface area contributed by atoms with E-state index in [1.165, 1.54) is 0 Å². The lowest BCUT2D eigenvalue weighted by molar-refractivity contribution is -0.381. The predicted octanol–water partition coefficient (Wildman–Crippen LogP) is 8.98. The third-order valence-corrected chi connectivity index (χ3v) is 11.1. The third kappa shape index (κ3) is 12.6. The van der Waals surface area contributed by atoms with Crippen LogP contribution in [0.25, 0.3) is 0 Å². The lowest BCUT2D eigenvalue weighted by atomic mass is 9.96. The minimum Gasteiger partial charge on any atom is -0.394 e. The summed E-state index contributed by atoms with van der Waals surface area (Å²) < 4.78 is 88.5. The van der Waals surface area contributed by atoms with E-state index in [1.54, 1.807) is 48.5 Å². The van der Waals surface area contributed by atoms with E-state index in [0.29, 0.717) is 16.7 Å². The Labute approximate surface area is 380 Å². The topological polar surface area (TPSA) is 103 Å². The lowest BCUT2D eigenvalue weighted by Crippen LogP contribution is -2.65. The van der Waals surface area contributed by atoms with Crippen molar-refractivity contribution in [2.45, 2.75) is 108 Å². The van der Waals surface area contributed by atoms with Crippen molar-refractivity contribution in [1.29, 1.82) is 0 Å². The SMILES string of the molecule is [2H]C(O[C@H]1[C@H](OC([2H])c2ccccc2)[C@@H](OC([2H])c2ccccc2)C(O[C@H]2[C@H](OCc3ccccc3)O[C@@H](C)[C@H](OCc3ccccc3)[C@H]2OCc2ccccc2)O[C@@H]1CO)c1ccccc1. The molecule has 0 amide bonds. The Morgan fingerprint density at radius 3 is 1.19 bits per heavy atom. The van der Waals surface area contributed by atoms with Crippen molar-refractivity contribution in [3.8, 4) is 0 Å². The molecule has 0 radical (unpaired) electrons. The van der Waals surface area contributed by atoms with Crippen molar-refractivity contribution in [2.75, 3.05) is 6.61 Å². The number of aliphatic hydroxyl groups excluding tert-OH is 1. The molecule has 2 aliphatic rings. The van der Waals surface area contributed by atoms with E-state index in [0.717, 1.165) is 16.7 Å². The zero-order chi connectivity index (χ0) is 46.4. The second-order valence-corrected chi connectivity index (χ2v) is 15.7. The van der Waals surface area contributed by atoms with Gasteiger partial charge in [-0.15, -0.1) is 0 Å². The van der Waals surface area contributed by atoms with Crippen LogP contribution in [-0.2, 0) is 82.2 Å². The zero-order valence-corrected chi connectivity index (χ0v) is 35.8. The zero-order valence-electron chi connectivity index (χ0n) is 38.8. The highest BCUT2D eigenvalue weighted by molar-refractivity contribution is 5.18. The molecule has 2 fully saturated rings. The van der Waals surface area contributed by atoms with Crippen LogP contribution in [0.15, 0.2) is 182 Å². The van der Waals surface area contributed by atoms with Crippen LogP contribution in [0.5, 0.6) is 0 Å². The number of hydrogen-bond donors (Lipinski definition) is 1. The number of benzene rings is 6. The summed E-state index contributed by atoms with van der Waals surface area (Å²) in [4.78, 5) is 0. The van der Waals surface area contributed by atoms with Gasteiger partial charge >= 0.3 is 0 Å². The van der Waals surface area contributed by atoms with Gasteiger partial charge in [0.1, 0.15) is 42.7 Å². The van der Waals surface area contributed by atoms with Crippen LogP contribution in [0.2, 0.25) is 0 Å². The number of aliphatic hydroxyl groups is 1. The molecule has 0 spiro atoms. The molecule has 64 heavy (non-hydrogen) atoms. The van der Waals surface area contributed by atoms with Crippen molar-refractivity contribution in [3.63, 3.8) is 0 Å². The van der Waals surface area contributed by atoms with Gasteiger partial charge in [-0.05, 0) is 40.3 Å². The summed E-state index contributed by atoms with van der Waals surface area (Å²) in [6, 6.07) is 56.3. The Balaban J connectivity index is 1.20. The smallest absolute Gasteiger partial charge is 0.187 e. The maximum atomic E-state index is 11.2. The monoisotopic (exact) mass is 869 g/mol. The maximum absolute atomic E-state index is 11.2. The van der Waals surface area contributed by atoms with E-state index in [4.69, 9.17) is 44.0 Å². The molecule has 6 aromatic carbocycles. The molecule has 0 bridgehead atoms. The first-order chi connectivity index (χ1) is 32.8. The highest BCUT2D eigenvalue weighted by atomic mass is 16.8. The lowest BCUT2D eigenvalue weighted by Gasteiger charge is -2.49. The van der Waals surface area contributed by atoms with Gasteiger partial charge in [0, 0.05) is 0 Å². The Morgan fingerprint density at radius 1 is 0.391 bits per heavy atom. The minimum absolute atomic E-state index is 0.163. The van der Waals surface area contributed by atoms with E-state index in [-0.39, 0.29) is 19.8 Å². The van der Waals surface area contributed by atoms with Gasteiger partial charge in [0.05, 0.1) is 56.4 Å². The molecule has 10 heteroatoms. The highest BCUT2D eigenvalue weighted by Gasteiger charge is 2.54. The second kappa shape index (κ2) is 23.7. The van der Waals surface area contributed by atoms with Crippen LogP contribution >= 0.6 is 0 Å². The summed E-state index contributed by atoms with van der Waals surface area (Å²) in [5.74, 6) is 0. The molecule has 10 nitrogen and oxygen atoms in total. The van der Waals surface area contributed by atoms with Gasteiger partial charge < -0.3 is 47.7 Å². The van der Waals surface area contributed by atoms with Crippen molar-refractivity contribution < 1.29 is 51.9 Å². The van der Waals surface area contributed by atoms with Crippen molar-refractivity contribution in [1.82, 2.24) is 0 Å². The number of ether oxygens (including phenoxy) is 9. The standard InChI is InChI=1S/C54H58O10/c1-39-47(56-33-40-20-8-2-9-21-40)49(58-35-42-24-12-4-13-25-42)52(53(62-39)61-38-45-30-18-7-19-31-45)64-54-51(60-37-44-28-16-6-17-29-44)50(59-36-43-26-14-5-15-27-43)48(46(32-55)63-54)57-34-41-22-10-3-11-23-41/h2-31,39,46-55H,32-38H2,1H3/t39-,46+,47-,48+,49+,50-,51+,52+,53+,54?/m0/s1/i34D,36D,37D/t34?,36?,37?,39-,46+,47-,48+,49+,50-,51+,52+,53+,54?. The van der Waals surface area contributed by atoms with E-state index in [1.807, 2.05) is 140 Å². The molecule has 0 aromatic heterocycles. The first kappa shape index (κ1) is 41.6. The Bertz CT molecular complexity index is 2310. The quantitative estimate of drug-likeness (QED) is 0.0755. The molecular formula is C54H58O10. The number of hydrogen-bond acceptors (Lipinski definition) is 10. The Kier molecular flexibility index (Phi) is 15.4. The average molecular weight is 870 g/mol. The van der Waals surface area contributed by atoms with Gasteiger partial charge in [-0.3, -0.25) is 0 Å². The summed E-state index contributed by atoms with van der Waals surface area (Å²) in [5, 5.41) is 11.2. The van der Waals surface area contributed by atoms with Gasteiger partial charge in [-0.2, -0.15) is 0 Å². The van der Waals surface area contributed by atoms with Crippen LogP contribution in [0.1, 0.15) is 44.4 Å². The summed E-state index contributed by atoms with van der Waals surface area (Å²) >= 11 is 0. The normalized spacial score (nSPS) is 27.9.